The molecule has 1 aromatic rings. The lowest BCUT2D eigenvalue weighted by Gasteiger charge is -2.10. The highest BCUT2D eigenvalue weighted by Crippen LogP contribution is 2.28. The summed E-state index contributed by atoms with van der Waals surface area (Å²) in [7, 11) is 1.57. The van der Waals surface area contributed by atoms with Gasteiger partial charge < -0.3 is 4.74 Å². The average molecular weight is 324 g/mol. The molecule has 0 spiro atoms. The normalized spacial score (nSPS) is 12.5. The van der Waals surface area contributed by atoms with E-state index in [-0.39, 0.29) is 28.7 Å². The maximum Gasteiger partial charge on any atom is 0.166 e. The molecule has 0 heterocycles. The quantitative estimate of drug-likeness (QED) is 0.602. The summed E-state index contributed by atoms with van der Waals surface area (Å²) in [6, 6.07) is 3.01. The van der Waals surface area contributed by atoms with Gasteiger partial charge >= 0.3 is 0 Å². The molecule has 0 aliphatic heterocycles. The van der Waals surface area contributed by atoms with Gasteiger partial charge in [-0.2, -0.15) is 0 Å². The summed E-state index contributed by atoms with van der Waals surface area (Å²) < 4.78 is 19.1. The molecule has 1 atom stereocenters. The summed E-state index contributed by atoms with van der Waals surface area (Å²) in [5.41, 5.74) is 0.0288. The highest BCUT2D eigenvalue weighted by Gasteiger charge is 2.18. The van der Waals surface area contributed by atoms with Gasteiger partial charge in [0.25, 0.3) is 0 Å². The van der Waals surface area contributed by atoms with Crippen LogP contribution in [0.4, 0.5) is 4.39 Å². The summed E-state index contributed by atoms with van der Waals surface area (Å²) in [4.78, 5) is 11.8. The number of carbonyl (C=O) groups is 1. The largest absolute Gasteiger partial charge is 0.384 e. The molecule has 1 unspecified atom stereocenters. The highest BCUT2D eigenvalue weighted by atomic mass is 79.9. The Bertz CT molecular complexity index is 423. The van der Waals surface area contributed by atoms with Crippen molar-refractivity contribution in [1.82, 2.24) is 0 Å². The monoisotopic (exact) mass is 322 g/mol. The van der Waals surface area contributed by atoms with Crippen LogP contribution in [0.5, 0.6) is 0 Å². The van der Waals surface area contributed by atoms with Crippen LogP contribution in [0.25, 0.3) is 0 Å². The Morgan fingerprint density at radius 1 is 1.59 bits per heavy atom. The minimum Gasteiger partial charge on any atom is -0.384 e. The van der Waals surface area contributed by atoms with Gasteiger partial charge in [0.2, 0.25) is 0 Å². The fourth-order valence-electron chi connectivity index (χ4n) is 1.51. The zero-order valence-corrected chi connectivity index (χ0v) is 11.9. The zero-order valence-electron chi connectivity index (χ0n) is 9.60. The van der Waals surface area contributed by atoms with Crippen molar-refractivity contribution in [2.24, 2.45) is 5.92 Å². The van der Waals surface area contributed by atoms with Crippen molar-refractivity contribution in [2.45, 2.75) is 13.3 Å². The van der Waals surface area contributed by atoms with Gasteiger partial charge in [0.1, 0.15) is 0 Å². The van der Waals surface area contributed by atoms with Crippen LogP contribution in [-0.2, 0) is 4.74 Å². The predicted molar refractivity (Wildman–Crippen MR) is 69.1 cm³/mol. The molecule has 2 nitrogen and oxygen atoms in total. The van der Waals surface area contributed by atoms with Gasteiger partial charge in [-0.05, 0) is 34.0 Å². The first-order valence-corrected chi connectivity index (χ1v) is 6.30. The Labute approximate surface area is 113 Å². The van der Waals surface area contributed by atoms with Gasteiger partial charge in [0.05, 0.1) is 10.6 Å². The maximum absolute atomic E-state index is 13.7. The maximum atomic E-state index is 13.7. The topological polar surface area (TPSA) is 26.3 Å². The van der Waals surface area contributed by atoms with Crippen molar-refractivity contribution < 1.29 is 13.9 Å². The first kappa shape index (κ1) is 14.6. The second kappa shape index (κ2) is 6.47. The summed E-state index contributed by atoms with van der Waals surface area (Å²) >= 11 is 8.83. The fourth-order valence-corrected chi connectivity index (χ4v) is 1.98. The van der Waals surface area contributed by atoms with E-state index in [9.17, 15) is 9.18 Å². The van der Waals surface area contributed by atoms with E-state index in [2.05, 4.69) is 15.9 Å². The van der Waals surface area contributed by atoms with E-state index < -0.39 is 5.82 Å². The molecule has 0 N–H and O–H groups in total. The molecular formula is C12H13BrClFO2. The first-order chi connectivity index (χ1) is 7.97. The van der Waals surface area contributed by atoms with Gasteiger partial charge in [-0.1, -0.05) is 18.5 Å². The van der Waals surface area contributed by atoms with Crippen molar-refractivity contribution in [3.8, 4) is 0 Å². The Morgan fingerprint density at radius 3 is 2.82 bits per heavy atom. The number of methoxy groups -OCH3 is 1. The molecule has 0 amide bonds. The van der Waals surface area contributed by atoms with Crippen LogP contribution in [0.15, 0.2) is 16.6 Å². The summed E-state index contributed by atoms with van der Waals surface area (Å²) in [6.07, 6.45) is 0.239. The molecule has 17 heavy (non-hydrogen) atoms. The second-order valence-corrected chi connectivity index (χ2v) is 5.14. The number of hydrogen-bond donors (Lipinski definition) is 0. The molecule has 0 bridgehead atoms. The minimum absolute atomic E-state index is 0.0288. The van der Waals surface area contributed by atoms with Crippen LogP contribution < -0.4 is 0 Å². The van der Waals surface area contributed by atoms with Crippen molar-refractivity contribution in [3.05, 3.63) is 33.0 Å². The van der Waals surface area contributed by atoms with Crippen molar-refractivity contribution in [3.63, 3.8) is 0 Å². The number of ether oxygens (including phenoxy) is 1. The van der Waals surface area contributed by atoms with Crippen LogP contribution in [0, 0.1) is 11.7 Å². The Balaban J connectivity index is 2.86. The third kappa shape index (κ3) is 3.76. The standard InChI is InChI=1S/C12H13BrClFO2/c1-7(6-17-2)5-10(16)8-3-4-9(13)11(14)12(8)15/h3-4,7H,5-6H2,1-2H3. The lowest BCUT2D eigenvalue weighted by Crippen LogP contribution is -2.12. The number of carbonyl (C=O) groups excluding carboxylic acids is 1. The van der Waals surface area contributed by atoms with Gasteiger partial charge in [-0.15, -0.1) is 0 Å². The molecule has 0 fully saturated rings. The van der Waals surface area contributed by atoms with Crippen LogP contribution in [-0.4, -0.2) is 19.5 Å². The first-order valence-electron chi connectivity index (χ1n) is 5.13. The fraction of sp³-hybridized carbons (Fsp3) is 0.417. The molecule has 0 aliphatic carbocycles. The van der Waals surface area contributed by atoms with E-state index in [0.29, 0.717) is 11.1 Å². The third-order valence-corrected chi connectivity index (χ3v) is 3.58. The van der Waals surface area contributed by atoms with Crippen LogP contribution in [0.3, 0.4) is 0 Å². The minimum atomic E-state index is -0.671. The third-order valence-electron chi connectivity index (χ3n) is 2.32. The molecule has 0 aliphatic rings. The number of hydrogen-bond acceptors (Lipinski definition) is 2. The molecule has 0 radical (unpaired) electrons. The lowest BCUT2D eigenvalue weighted by molar-refractivity contribution is 0.0916. The van der Waals surface area contributed by atoms with Crippen LogP contribution >= 0.6 is 27.5 Å². The van der Waals surface area contributed by atoms with Gasteiger partial charge in [-0.25, -0.2) is 4.39 Å². The number of rotatable bonds is 5. The summed E-state index contributed by atoms with van der Waals surface area (Å²) in [5, 5.41) is -0.0600. The summed E-state index contributed by atoms with van der Waals surface area (Å²) in [6.45, 7) is 2.34. The Hall–Kier alpha value is -0.450. The van der Waals surface area contributed by atoms with Crippen molar-refractivity contribution >= 4 is 33.3 Å². The molecule has 94 valence electrons. The van der Waals surface area contributed by atoms with Crippen LogP contribution in [0.1, 0.15) is 23.7 Å². The van der Waals surface area contributed by atoms with Gasteiger partial charge in [0, 0.05) is 24.6 Å². The molecule has 1 aromatic carbocycles. The van der Waals surface area contributed by atoms with E-state index >= 15 is 0 Å². The average Bonchev–Trinajstić information content (AvgIpc) is 2.26. The molecular weight excluding hydrogens is 310 g/mol. The number of halogens is 3. The van der Waals surface area contributed by atoms with E-state index in [4.69, 9.17) is 16.3 Å². The predicted octanol–water partition coefficient (Wildman–Crippen LogP) is 4.10. The lowest BCUT2D eigenvalue weighted by atomic mass is 10.00. The zero-order chi connectivity index (χ0) is 13.0. The van der Waals surface area contributed by atoms with E-state index in [1.807, 2.05) is 6.92 Å². The number of ketones is 1. The molecule has 5 heteroatoms. The van der Waals surface area contributed by atoms with Gasteiger partial charge in [-0.3, -0.25) is 4.79 Å². The molecule has 0 saturated heterocycles. The highest BCUT2D eigenvalue weighted by molar-refractivity contribution is 9.10. The molecule has 1 rings (SSSR count). The SMILES string of the molecule is COCC(C)CC(=O)c1ccc(Br)c(Cl)c1F. The summed E-state index contributed by atoms with van der Waals surface area (Å²) in [5.74, 6) is -0.883. The van der Waals surface area contributed by atoms with Gasteiger partial charge in [0.15, 0.2) is 11.6 Å². The van der Waals surface area contributed by atoms with E-state index in [0.717, 1.165) is 0 Å². The second-order valence-electron chi connectivity index (χ2n) is 3.91. The smallest absolute Gasteiger partial charge is 0.166 e. The van der Waals surface area contributed by atoms with E-state index in [1.54, 1.807) is 13.2 Å². The Morgan fingerprint density at radius 2 is 2.24 bits per heavy atom. The van der Waals surface area contributed by atoms with E-state index in [1.165, 1.54) is 6.07 Å². The molecule has 0 aromatic heterocycles. The van der Waals surface area contributed by atoms with Crippen LogP contribution in [0.2, 0.25) is 5.02 Å². The number of Topliss-reactive ketones (excluding diaryl/α,β-unsaturated/α-hetero) is 1. The Kier molecular flexibility index (Phi) is 5.56. The van der Waals surface area contributed by atoms with Crippen molar-refractivity contribution in [2.75, 3.05) is 13.7 Å². The van der Waals surface area contributed by atoms with Crippen molar-refractivity contribution in [1.29, 1.82) is 0 Å². The number of benzene rings is 1. The molecule has 0 saturated carbocycles.